The zero-order valence-electron chi connectivity index (χ0n) is 10.1. The van der Waals surface area contributed by atoms with Crippen molar-refractivity contribution in [2.24, 2.45) is 5.92 Å². The fourth-order valence-corrected chi connectivity index (χ4v) is 1.98. The quantitative estimate of drug-likeness (QED) is 0.761. The first-order valence-corrected chi connectivity index (χ1v) is 6.78. The lowest BCUT2D eigenvalue weighted by molar-refractivity contribution is 0.0696. The summed E-state index contributed by atoms with van der Waals surface area (Å²) >= 11 is 0. The summed E-state index contributed by atoms with van der Waals surface area (Å²) in [6.07, 6.45) is 0. The molecule has 2 N–H and O–H groups in total. The molecule has 1 rings (SSSR count). The summed E-state index contributed by atoms with van der Waals surface area (Å²) in [5.41, 5.74) is -0.0956. The minimum Gasteiger partial charge on any atom is -0.478 e. The molecule has 0 spiro atoms. The van der Waals surface area contributed by atoms with Gasteiger partial charge >= 0.3 is 5.97 Å². The van der Waals surface area contributed by atoms with Crippen LogP contribution in [0.15, 0.2) is 29.2 Å². The van der Waals surface area contributed by atoms with E-state index in [0.717, 1.165) is 6.07 Å². The highest BCUT2D eigenvalue weighted by Gasteiger charge is 2.16. The van der Waals surface area contributed by atoms with Crippen molar-refractivity contribution in [3.8, 4) is 0 Å². The molecular weight excluding hydrogens is 258 g/mol. The molecular formula is C11H15NO5S. The van der Waals surface area contributed by atoms with E-state index in [0.29, 0.717) is 0 Å². The SMILES string of the molecule is CC(C)CONS(=O)(=O)c1cccc(C(=O)O)c1. The number of rotatable bonds is 6. The van der Waals surface area contributed by atoms with Gasteiger partial charge in [-0.25, -0.2) is 13.2 Å². The Labute approximate surface area is 106 Å². The van der Waals surface area contributed by atoms with Crippen molar-refractivity contribution in [1.82, 2.24) is 4.89 Å². The van der Waals surface area contributed by atoms with Crippen LogP contribution in [0.25, 0.3) is 0 Å². The molecule has 0 unspecified atom stereocenters. The number of benzene rings is 1. The highest BCUT2D eigenvalue weighted by atomic mass is 32.2. The molecule has 0 aliphatic carbocycles. The van der Waals surface area contributed by atoms with Crippen molar-refractivity contribution in [1.29, 1.82) is 0 Å². The minimum atomic E-state index is -3.85. The van der Waals surface area contributed by atoms with E-state index in [4.69, 9.17) is 9.94 Å². The second-order valence-electron chi connectivity index (χ2n) is 4.12. The van der Waals surface area contributed by atoms with Crippen LogP contribution in [-0.4, -0.2) is 26.1 Å². The molecule has 1 aromatic rings. The molecule has 0 saturated carbocycles. The van der Waals surface area contributed by atoms with E-state index in [1.165, 1.54) is 18.2 Å². The van der Waals surface area contributed by atoms with Crippen LogP contribution >= 0.6 is 0 Å². The molecule has 0 bridgehead atoms. The molecule has 0 aliphatic heterocycles. The summed E-state index contributed by atoms with van der Waals surface area (Å²) in [6, 6.07) is 5.05. The van der Waals surface area contributed by atoms with Gasteiger partial charge in [-0.05, 0) is 24.1 Å². The number of aromatic carboxylic acids is 1. The maximum atomic E-state index is 11.8. The van der Waals surface area contributed by atoms with Gasteiger partial charge in [-0.1, -0.05) is 24.8 Å². The van der Waals surface area contributed by atoms with Crippen LogP contribution in [0.5, 0.6) is 0 Å². The first kappa shape index (κ1) is 14.6. The largest absolute Gasteiger partial charge is 0.478 e. The standard InChI is InChI=1S/C11H15NO5S/c1-8(2)7-17-12-18(15,16)10-5-3-4-9(6-10)11(13)14/h3-6,8,12H,7H2,1-2H3,(H,13,14). The molecule has 6 nitrogen and oxygen atoms in total. The highest BCUT2D eigenvalue weighted by Crippen LogP contribution is 2.11. The Morgan fingerprint density at radius 3 is 2.67 bits per heavy atom. The van der Waals surface area contributed by atoms with Crippen LogP contribution < -0.4 is 4.89 Å². The summed E-state index contributed by atoms with van der Waals surface area (Å²) in [6.45, 7) is 3.98. The third kappa shape index (κ3) is 4.10. The first-order chi connectivity index (χ1) is 8.33. The van der Waals surface area contributed by atoms with E-state index < -0.39 is 16.0 Å². The Hall–Kier alpha value is -1.44. The number of sulfonamides is 1. The molecule has 0 saturated heterocycles. The Kier molecular flexibility index (Phi) is 4.83. The molecule has 0 fully saturated rings. The van der Waals surface area contributed by atoms with Crippen molar-refractivity contribution >= 4 is 16.0 Å². The average Bonchev–Trinajstić information content (AvgIpc) is 2.28. The molecule has 100 valence electrons. The number of carboxylic acids is 1. The maximum Gasteiger partial charge on any atom is 0.335 e. The molecule has 7 heteroatoms. The number of carbonyl (C=O) groups is 1. The third-order valence-electron chi connectivity index (χ3n) is 1.98. The van der Waals surface area contributed by atoms with Gasteiger partial charge in [0, 0.05) is 0 Å². The Bertz CT molecular complexity index is 524. The van der Waals surface area contributed by atoms with E-state index >= 15 is 0 Å². The van der Waals surface area contributed by atoms with Crippen LogP contribution in [-0.2, 0) is 14.9 Å². The average molecular weight is 273 g/mol. The lowest BCUT2D eigenvalue weighted by Gasteiger charge is -2.09. The summed E-state index contributed by atoms with van der Waals surface area (Å²) < 4.78 is 23.5. The number of nitrogens with one attached hydrogen (secondary N) is 1. The molecule has 0 radical (unpaired) electrons. The van der Waals surface area contributed by atoms with Crippen LogP contribution in [0.1, 0.15) is 24.2 Å². The predicted molar refractivity (Wildman–Crippen MR) is 64.5 cm³/mol. The number of hydrogen-bond donors (Lipinski definition) is 2. The lowest BCUT2D eigenvalue weighted by atomic mass is 10.2. The maximum absolute atomic E-state index is 11.8. The molecule has 0 amide bonds. The van der Waals surface area contributed by atoms with Gasteiger partial charge in [0.1, 0.15) is 0 Å². The van der Waals surface area contributed by atoms with Crippen molar-refractivity contribution in [3.05, 3.63) is 29.8 Å². The monoisotopic (exact) mass is 273 g/mol. The first-order valence-electron chi connectivity index (χ1n) is 5.30. The normalized spacial score (nSPS) is 11.7. The van der Waals surface area contributed by atoms with Gasteiger partial charge in [0.05, 0.1) is 17.1 Å². The smallest absolute Gasteiger partial charge is 0.335 e. The summed E-state index contributed by atoms with van der Waals surface area (Å²) in [4.78, 5) is 17.4. The Balaban J connectivity index is 2.85. The van der Waals surface area contributed by atoms with E-state index in [1.807, 2.05) is 18.7 Å². The topological polar surface area (TPSA) is 92.7 Å². The predicted octanol–water partition coefficient (Wildman–Crippen LogP) is 1.25. The van der Waals surface area contributed by atoms with Gasteiger partial charge in [-0.2, -0.15) is 0 Å². The summed E-state index contributed by atoms with van der Waals surface area (Å²) in [5.74, 6) is -1.01. The van der Waals surface area contributed by atoms with E-state index in [2.05, 4.69) is 0 Å². The third-order valence-corrected chi connectivity index (χ3v) is 3.19. The van der Waals surface area contributed by atoms with Crippen molar-refractivity contribution < 1.29 is 23.2 Å². The fourth-order valence-electron chi connectivity index (χ4n) is 1.12. The van der Waals surface area contributed by atoms with Crippen molar-refractivity contribution in [3.63, 3.8) is 0 Å². The van der Waals surface area contributed by atoms with Crippen LogP contribution in [0.4, 0.5) is 0 Å². The minimum absolute atomic E-state index is 0.0956. The van der Waals surface area contributed by atoms with Gasteiger partial charge in [0.2, 0.25) is 0 Å². The van der Waals surface area contributed by atoms with Gasteiger partial charge in [-0.3, -0.25) is 4.84 Å². The van der Waals surface area contributed by atoms with Crippen LogP contribution in [0, 0.1) is 5.92 Å². The van der Waals surface area contributed by atoms with Crippen LogP contribution in [0.2, 0.25) is 0 Å². The fraction of sp³-hybridized carbons (Fsp3) is 0.364. The zero-order chi connectivity index (χ0) is 13.8. The lowest BCUT2D eigenvalue weighted by Crippen LogP contribution is -2.26. The van der Waals surface area contributed by atoms with Crippen molar-refractivity contribution in [2.75, 3.05) is 6.61 Å². The van der Waals surface area contributed by atoms with Crippen LogP contribution in [0.3, 0.4) is 0 Å². The molecule has 0 heterocycles. The summed E-state index contributed by atoms with van der Waals surface area (Å²) in [5, 5.41) is 8.78. The second-order valence-corrected chi connectivity index (χ2v) is 5.77. The molecule has 0 aliphatic rings. The molecule has 0 aromatic heterocycles. The van der Waals surface area contributed by atoms with Gasteiger partial charge in [-0.15, -0.1) is 0 Å². The Morgan fingerprint density at radius 1 is 1.44 bits per heavy atom. The van der Waals surface area contributed by atoms with E-state index in [1.54, 1.807) is 0 Å². The van der Waals surface area contributed by atoms with Gasteiger partial charge < -0.3 is 5.11 Å². The number of hydrogen-bond acceptors (Lipinski definition) is 4. The summed E-state index contributed by atoms with van der Waals surface area (Å²) in [7, 11) is -3.85. The van der Waals surface area contributed by atoms with E-state index in [9.17, 15) is 13.2 Å². The molecule has 18 heavy (non-hydrogen) atoms. The molecule has 1 aromatic carbocycles. The van der Waals surface area contributed by atoms with Gasteiger partial charge in [0.25, 0.3) is 10.0 Å². The second kappa shape index (κ2) is 5.94. The number of carboxylic acid groups (broad SMARTS) is 1. The van der Waals surface area contributed by atoms with Gasteiger partial charge in [0.15, 0.2) is 0 Å². The van der Waals surface area contributed by atoms with Crippen molar-refractivity contribution in [2.45, 2.75) is 18.7 Å². The molecule has 0 atom stereocenters. The zero-order valence-corrected chi connectivity index (χ0v) is 10.9. The Morgan fingerprint density at radius 2 is 2.11 bits per heavy atom. The van der Waals surface area contributed by atoms with E-state index in [-0.39, 0.29) is 23.0 Å². The highest BCUT2D eigenvalue weighted by molar-refractivity contribution is 7.89.